The molecule has 1 atom stereocenters. The van der Waals surface area contributed by atoms with E-state index in [0.717, 1.165) is 5.56 Å². The number of carboxylic acids is 1. The number of carbonyl (C=O) groups is 1. The van der Waals surface area contributed by atoms with Gasteiger partial charge >= 0.3 is 5.97 Å². The molecule has 0 aliphatic rings. The van der Waals surface area contributed by atoms with Crippen molar-refractivity contribution in [1.82, 2.24) is 0 Å². The van der Waals surface area contributed by atoms with Crippen molar-refractivity contribution in [3.63, 3.8) is 0 Å². The van der Waals surface area contributed by atoms with Crippen molar-refractivity contribution in [3.8, 4) is 0 Å². The van der Waals surface area contributed by atoms with Gasteiger partial charge in [-0.1, -0.05) is 30.3 Å². The summed E-state index contributed by atoms with van der Waals surface area (Å²) in [7, 11) is 0. The summed E-state index contributed by atoms with van der Waals surface area (Å²) in [5.74, 6) is -0.784. The molecule has 3 heteroatoms. The van der Waals surface area contributed by atoms with Gasteiger partial charge in [0.1, 0.15) is 5.25 Å². The summed E-state index contributed by atoms with van der Waals surface area (Å²) in [6.45, 7) is 0. The number of carboxylic acid groups (broad SMARTS) is 1. The summed E-state index contributed by atoms with van der Waals surface area (Å²) in [6.07, 6.45) is 1.80. The normalized spacial score (nSPS) is 12.4. The minimum atomic E-state index is -0.784. The lowest BCUT2D eigenvalue weighted by atomic mass is 10.1. The number of thioether (sulfide) groups is 1. The summed E-state index contributed by atoms with van der Waals surface area (Å²) < 4.78 is 0. The highest BCUT2D eigenvalue weighted by Gasteiger charge is 2.16. The molecule has 0 spiro atoms. The van der Waals surface area contributed by atoms with Crippen molar-refractivity contribution in [1.29, 1.82) is 0 Å². The molecule has 0 fully saturated rings. The highest BCUT2D eigenvalue weighted by molar-refractivity contribution is 7.99. The van der Waals surface area contributed by atoms with Gasteiger partial charge in [-0.15, -0.1) is 11.8 Å². The molecule has 2 nitrogen and oxygen atoms in total. The van der Waals surface area contributed by atoms with Crippen LogP contribution in [-0.4, -0.2) is 17.3 Å². The van der Waals surface area contributed by atoms with Crippen LogP contribution in [0.25, 0.3) is 0 Å². The van der Waals surface area contributed by atoms with Crippen LogP contribution < -0.4 is 0 Å². The molecule has 0 radical (unpaired) electrons. The van der Waals surface area contributed by atoms with Crippen LogP contribution in [0, 0.1) is 0 Å². The molecule has 0 bridgehead atoms. The average Bonchev–Trinajstić information content (AvgIpc) is 2.07. The number of hydrogen-bond acceptors (Lipinski definition) is 2. The number of benzene rings is 1. The first-order valence-corrected chi connectivity index (χ1v) is 4.85. The third-order valence-electron chi connectivity index (χ3n) is 1.56. The van der Waals surface area contributed by atoms with Gasteiger partial charge in [0.25, 0.3) is 0 Å². The summed E-state index contributed by atoms with van der Waals surface area (Å²) in [5.41, 5.74) is 0.845. The summed E-state index contributed by atoms with van der Waals surface area (Å²) in [4.78, 5) is 10.7. The van der Waals surface area contributed by atoms with Gasteiger partial charge in [-0.05, 0) is 11.8 Å². The Labute approximate surface area is 75.6 Å². The zero-order valence-corrected chi connectivity index (χ0v) is 7.54. The van der Waals surface area contributed by atoms with Crippen molar-refractivity contribution in [2.75, 3.05) is 6.26 Å². The van der Waals surface area contributed by atoms with Crippen molar-refractivity contribution in [2.24, 2.45) is 0 Å². The Morgan fingerprint density at radius 2 is 2.00 bits per heavy atom. The third kappa shape index (κ3) is 2.01. The van der Waals surface area contributed by atoms with Crippen LogP contribution in [-0.2, 0) is 4.79 Å². The van der Waals surface area contributed by atoms with Crippen molar-refractivity contribution in [3.05, 3.63) is 35.9 Å². The number of hydrogen-bond donors (Lipinski definition) is 1. The molecule has 0 saturated heterocycles. The van der Waals surface area contributed by atoms with Gasteiger partial charge in [-0.2, -0.15) is 0 Å². The van der Waals surface area contributed by atoms with Crippen molar-refractivity contribution < 1.29 is 9.90 Å². The molecule has 1 aromatic carbocycles. The van der Waals surface area contributed by atoms with Crippen LogP contribution >= 0.6 is 11.8 Å². The molecular weight excluding hydrogens is 172 g/mol. The molecule has 0 unspecified atom stereocenters. The quantitative estimate of drug-likeness (QED) is 0.778. The molecule has 1 aromatic rings. The van der Waals surface area contributed by atoms with Gasteiger partial charge in [0, 0.05) is 0 Å². The predicted octanol–water partition coefficient (Wildman–Crippen LogP) is 2.18. The predicted molar refractivity (Wildman–Crippen MR) is 50.3 cm³/mol. The van der Waals surface area contributed by atoms with E-state index in [9.17, 15) is 4.79 Å². The van der Waals surface area contributed by atoms with E-state index < -0.39 is 11.2 Å². The Morgan fingerprint density at radius 1 is 1.42 bits per heavy atom. The lowest BCUT2D eigenvalue weighted by Crippen LogP contribution is -2.06. The van der Waals surface area contributed by atoms with Crippen molar-refractivity contribution >= 4 is 17.7 Å². The maximum atomic E-state index is 10.7. The first-order valence-electron chi connectivity index (χ1n) is 3.56. The van der Waals surface area contributed by atoms with E-state index >= 15 is 0 Å². The first kappa shape index (κ1) is 9.13. The smallest absolute Gasteiger partial charge is 0.321 e. The van der Waals surface area contributed by atoms with Crippen molar-refractivity contribution in [2.45, 2.75) is 5.25 Å². The lowest BCUT2D eigenvalue weighted by molar-refractivity contribution is -0.136. The molecular formula is C9H10O2S. The summed E-state index contributed by atoms with van der Waals surface area (Å²) in [6, 6.07) is 9.23. The summed E-state index contributed by atoms with van der Waals surface area (Å²) >= 11 is 1.33. The highest BCUT2D eigenvalue weighted by Crippen LogP contribution is 2.25. The third-order valence-corrected chi connectivity index (χ3v) is 2.51. The maximum absolute atomic E-state index is 10.7. The van der Waals surface area contributed by atoms with Crippen LogP contribution in [0.15, 0.2) is 30.3 Å². The lowest BCUT2D eigenvalue weighted by Gasteiger charge is -2.08. The van der Waals surface area contributed by atoms with E-state index in [1.165, 1.54) is 11.8 Å². The Balaban J connectivity index is 2.88. The standard InChI is InChI=1S/C9H10O2S/c1-12-8(9(10)11)7-5-3-2-4-6-7/h2-6,8H,1H3,(H,10,11)/t8-/m0/s1. The zero-order valence-electron chi connectivity index (χ0n) is 6.73. The van der Waals surface area contributed by atoms with Gasteiger partial charge in [0.2, 0.25) is 0 Å². The Kier molecular flexibility index (Phi) is 3.17. The van der Waals surface area contributed by atoms with Gasteiger partial charge in [-0.25, -0.2) is 0 Å². The van der Waals surface area contributed by atoms with E-state index in [0.29, 0.717) is 0 Å². The second-order valence-electron chi connectivity index (χ2n) is 2.36. The van der Waals surface area contributed by atoms with Gasteiger partial charge < -0.3 is 5.11 Å². The molecule has 0 aromatic heterocycles. The van der Waals surface area contributed by atoms with Gasteiger partial charge in [0.15, 0.2) is 0 Å². The molecule has 0 aliphatic carbocycles. The second-order valence-corrected chi connectivity index (χ2v) is 3.31. The fourth-order valence-corrected chi connectivity index (χ4v) is 1.64. The average molecular weight is 182 g/mol. The molecule has 1 N–H and O–H groups in total. The van der Waals surface area contributed by atoms with Crippen LogP contribution in [0.3, 0.4) is 0 Å². The maximum Gasteiger partial charge on any atom is 0.321 e. The minimum Gasteiger partial charge on any atom is -0.480 e. The molecule has 12 heavy (non-hydrogen) atoms. The van der Waals surface area contributed by atoms with Gasteiger partial charge in [-0.3, -0.25) is 4.79 Å². The largest absolute Gasteiger partial charge is 0.480 e. The molecule has 0 amide bonds. The monoisotopic (exact) mass is 182 g/mol. The molecule has 0 saturated carbocycles. The van der Waals surface area contributed by atoms with Crippen LogP contribution in [0.5, 0.6) is 0 Å². The Bertz CT molecular complexity index is 258. The molecule has 64 valence electrons. The van der Waals surface area contributed by atoms with E-state index in [4.69, 9.17) is 5.11 Å². The molecule has 0 aliphatic heterocycles. The Morgan fingerprint density at radius 3 is 2.42 bits per heavy atom. The summed E-state index contributed by atoms with van der Waals surface area (Å²) in [5, 5.41) is 8.37. The molecule has 1 rings (SSSR count). The first-order chi connectivity index (χ1) is 5.75. The fourth-order valence-electron chi connectivity index (χ4n) is 1.01. The Hall–Kier alpha value is -0.960. The van der Waals surface area contributed by atoms with E-state index in [1.807, 2.05) is 30.3 Å². The second kappa shape index (κ2) is 4.16. The topological polar surface area (TPSA) is 37.3 Å². The van der Waals surface area contributed by atoms with E-state index in [2.05, 4.69) is 0 Å². The highest BCUT2D eigenvalue weighted by atomic mass is 32.2. The zero-order chi connectivity index (χ0) is 8.97. The van der Waals surface area contributed by atoms with Crippen LogP contribution in [0.4, 0.5) is 0 Å². The fraction of sp³-hybridized carbons (Fsp3) is 0.222. The van der Waals surface area contributed by atoms with Crippen LogP contribution in [0.2, 0.25) is 0 Å². The minimum absolute atomic E-state index is 0.439. The van der Waals surface area contributed by atoms with Crippen LogP contribution in [0.1, 0.15) is 10.8 Å². The SMILES string of the molecule is CS[C@H](C(=O)O)c1ccccc1. The molecule has 0 heterocycles. The van der Waals surface area contributed by atoms with E-state index in [-0.39, 0.29) is 0 Å². The van der Waals surface area contributed by atoms with E-state index in [1.54, 1.807) is 6.26 Å². The number of aliphatic carboxylic acids is 1. The number of rotatable bonds is 3. The van der Waals surface area contributed by atoms with Gasteiger partial charge in [0.05, 0.1) is 0 Å².